The van der Waals surface area contributed by atoms with Crippen molar-refractivity contribution >= 4 is 57.4 Å². The average molecular weight is 917 g/mol. The first-order chi connectivity index (χ1) is 29.5. The highest BCUT2D eigenvalue weighted by Gasteiger charge is 2.53. The molecule has 0 aromatic heterocycles. The highest BCUT2D eigenvalue weighted by Crippen LogP contribution is 2.49. The number of carbonyl (C=O) groups is 6. The van der Waals surface area contributed by atoms with Gasteiger partial charge in [-0.1, -0.05) is 92.2 Å². The van der Waals surface area contributed by atoms with E-state index in [9.17, 15) is 28.8 Å². The molecule has 3 saturated heterocycles. The number of likely N-dealkylation sites (tertiary alicyclic amines) is 2. The van der Waals surface area contributed by atoms with Crippen molar-refractivity contribution in [2.75, 3.05) is 32.2 Å². The van der Waals surface area contributed by atoms with Gasteiger partial charge in [-0.05, 0) is 96.9 Å². The molecule has 0 radical (unpaired) electrons. The maximum Gasteiger partial charge on any atom is 0.407 e. The van der Waals surface area contributed by atoms with Gasteiger partial charge in [0.25, 0.3) is 0 Å². The highest BCUT2D eigenvalue weighted by atomic mass is 79.9. The molecule has 6 atom stereocenters. The Labute approximate surface area is 371 Å². The van der Waals surface area contributed by atoms with Crippen molar-refractivity contribution in [2.45, 2.75) is 101 Å². The van der Waals surface area contributed by atoms with Gasteiger partial charge in [0.1, 0.15) is 23.2 Å². The second-order valence-corrected chi connectivity index (χ2v) is 18.0. The molecule has 6 rings (SSSR count). The minimum Gasteiger partial charge on any atom is -0.453 e. The minimum absolute atomic E-state index is 0.0782. The summed E-state index contributed by atoms with van der Waals surface area (Å²) in [6, 6.07) is 21.6. The molecular formula is C46H58BrN7O8. The summed E-state index contributed by atoms with van der Waals surface area (Å²) < 4.78 is 10.5. The van der Waals surface area contributed by atoms with Gasteiger partial charge in [0.2, 0.25) is 23.6 Å². The summed E-state index contributed by atoms with van der Waals surface area (Å²) in [7, 11) is 2.47. The number of halogens is 1. The third-order valence-corrected chi connectivity index (χ3v) is 13.5. The average Bonchev–Trinajstić information content (AvgIpc) is 4.03. The van der Waals surface area contributed by atoms with E-state index in [-0.39, 0.29) is 23.9 Å². The number of nitrogens with one attached hydrogen (secondary N) is 2. The summed E-state index contributed by atoms with van der Waals surface area (Å²) in [6.07, 6.45) is 1.90. The topological polar surface area (TPSA) is 207 Å². The molecule has 3 aromatic rings. The third kappa shape index (κ3) is 8.45. The maximum atomic E-state index is 14.1. The number of carbonyl (C=O) groups excluding carboxylic acids is 6. The molecule has 3 aliphatic heterocycles. The second-order valence-electron chi connectivity index (χ2n) is 17.1. The van der Waals surface area contributed by atoms with Gasteiger partial charge in [-0.15, -0.1) is 0 Å². The van der Waals surface area contributed by atoms with Crippen molar-refractivity contribution in [2.24, 2.45) is 23.3 Å². The standard InChI is InChI=1S/C46H58BrN7O8/c1-27(2)37(50-43(59)61-5)39(55)52-25-7-23-45(52,41(48)57)31-13-9-29(10-14-31)35-21-22-36(54(35)34-19-17-33(47)18-20-34)30-11-15-32(16-12-30)46(42(49)58)24-8-26-53(46)40(56)38(28(3)4)51-44(60)62-6/h9-20,27-28,35-38H,7-8,21-26H2,1-6H3,(H2,48,57)(H2,49,58)(H,50,59)(H,51,60)/t35-,36-,37-,38-,45-,46-/m0/s1. The van der Waals surface area contributed by atoms with Crippen LogP contribution in [0.4, 0.5) is 15.3 Å². The molecule has 3 heterocycles. The predicted molar refractivity (Wildman–Crippen MR) is 236 cm³/mol. The molecule has 3 fully saturated rings. The zero-order chi connectivity index (χ0) is 45.1. The van der Waals surface area contributed by atoms with Crippen molar-refractivity contribution in [1.82, 2.24) is 20.4 Å². The van der Waals surface area contributed by atoms with E-state index < -0.39 is 59.0 Å². The third-order valence-electron chi connectivity index (χ3n) is 12.9. The summed E-state index contributed by atoms with van der Waals surface area (Å²) in [6.45, 7) is 7.87. The Bertz CT molecular complexity index is 2020. The van der Waals surface area contributed by atoms with Gasteiger partial charge in [-0.3, -0.25) is 19.2 Å². The maximum absolute atomic E-state index is 14.1. The molecule has 0 aliphatic carbocycles. The van der Waals surface area contributed by atoms with Crippen LogP contribution in [-0.2, 0) is 39.7 Å². The summed E-state index contributed by atoms with van der Waals surface area (Å²) >= 11 is 3.58. The fourth-order valence-electron chi connectivity index (χ4n) is 9.77. The summed E-state index contributed by atoms with van der Waals surface area (Å²) in [4.78, 5) is 84.9. The lowest BCUT2D eigenvalue weighted by Gasteiger charge is -2.39. The Morgan fingerprint density at radius 3 is 1.32 bits per heavy atom. The highest BCUT2D eigenvalue weighted by molar-refractivity contribution is 9.10. The number of rotatable bonds is 13. The first-order valence-electron chi connectivity index (χ1n) is 21.2. The number of benzene rings is 3. The van der Waals surface area contributed by atoms with E-state index in [2.05, 4.69) is 43.6 Å². The number of hydrogen-bond donors (Lipinski definition) is 4. The van der Waals surface area contributed by atoms with Crippen LogP contribution in [0.3, 0.4) is 0 Å². The SMILES string of the molecule is COC(=O)N[C@H](C(=O)N1CCC[C@@]1(C(N)=O)c1ccc([C@@H]2CC[C@@H](c3ccc([C@]4(C(N)=O)CCCN4C(=O)[C@@H](NC(=O)OC)C(C)C)cc3)N2c2ccc(Br)cc2)cc1)C(C)C. The van der Waals surface area contributed by atoms with E-state index >= 15 is 0 Å². The molecule has 3 aliphatic rings. The van der Waals surface area contributed by atoms with Gasteiger partial charge in [0, 0.05) is 23.2 Å². The van der Waals surface area contributed by atoms with Crippen molar-refractivity contribution in [3.05, 3.63) is 99.5 Å². The molecule has 6 N–H and O–H groups in total. The quantitative estimate of drug-likeness (QED) is 0.161. The van der Waals surface area contributed by atoms with Gasteiger partial charge < -0.3 is 46.3 Å². The summed E-state index contributed by atoms with van der Waals surface area (Å²) in [5.74, 6) is -2.65. The van der Waals surface area contributed by atoms with E-state index in [1.165, 1.54) is 24.0 Å². The van der Waals surface area contributed by atoms with Crippen molar-refractivity contribution in [3.63, 3.8) is 0 Å². The Kier molecular flexibility index (Phi) is 13.9. The fourth-order valence-corrected chi connectivity index (χ4v) is 10.0. The number of methoxy groups -OCH3 is 2. The zero-order valence-electron chi connectivity index (χ0n) is 36.2. The number of nitrogens with zero attached hydrogens (tertiary/aromatic N) is 3. The Morgan fingerprint density at radius 1 is 0.629 bits per heavy atom. The lowest BCUT2D eigenvalue weighted by atomic mass is 9.84. The fraction of sp³-hybridized carbons (Fsp3) is 0.478. The van der Waals surface area contributed by atoms with Crippen molar-refractivity contribution in [3.8, 4) is 0 Å². The molecule has 16 heteroatoms. The lowest BCUT2D eigenvalue weighted by molar-refractivity contribution is -0.146. The van der Waals surface area contributed by atoms with Crippen LogP contribution in [0.2, 0.25) is 0 Å². The van der Waals surface area contributed by atoms with Crippen LogP contribution < -0.4 is 27.0 Å². The van der Waals surface area contributed by atoms with Gasteiger partial charge in [0.05, 0.1) is 26.3 Å². The van der Waals surface area contributed by atoms with Crippen molar-refractivity contribution < 1.29 is 38.2 Å². The van der Waals surface area contributed by atoms with Gasteiger partial charge in [0.15, 0.2) is 0 Å². The van der Waals surface area contributed by atoms with Crippen molar-refractivity contribution in [1.29, 1.82) is 0 Å². The molecule has 0 unspecified atom stereocenters. The number of nitrogens with two attached hydrogens (primary N) is 2. The summed E-state index contributed by atoms with van der Waals surface area (Å²) in [5, 5.41) is 5.28. The molecule has 332 valence electrons. The molecule has 0 bridgehead atoms. The molecular weight excluding hydrogens is 858 g/mol. The second kappa shape index (κ2) is 18.8. The van der Waals surface area contributed by atoms with Gasteiger partial charge >= 0.3 is 12.2 Å². The monoisotopic (exact) mass is 915 g/mol. The Morgan fingerprint density at radius 2 is 1.00 bits per heavy atom. The predicted octanol–water partition coefficient (Wildman–Crippen LogP) is 5.90. The largest absolute Gasteiger partial charge is 0.453 e. The molecule has 0 saturated carbocycles. The smallest absolute Gasteiger partial charge is 0.407 e. The Hall–Kier alpha value is -5.64. The molecule has 6 amide bonds. The minimum atomic E-state index is -1.40. The number of hydrogen-bond acceptors (Lipinski definition) is 9. The van der Waals surface area contributed by atoms with E-state index in [4.69, 9.17) is 20.9 Å². The van der Waals surface area contributed by atoms with Crippen LogP contribution in [0.25, 0.3) is 0 Å². The first-order valence-corrected chi connectivity index (χ1v) is 22.0. The summed E-state index contributed by atoms with van der Waals surface area (Å²) in [5.41, 5.74) is 13.8. The Balaban J connectivity index is 1.32. The van der Waals surface area contributed by atoms with Crippen LogP contribution in [-0.4, -0.2) is 85.0 Å². The molecule has 62 heavy (non-hydrogen) atoms. The lowest BCUT2D eigenvalue weighted by Crippen LogP contribution is -2.59. The van der Waals surface area contributed by atoms with E-state index in [1.54, 1.807) is 0 Å². The first kappa shape index (κ1) is 45.9. The molecule has 0 spiro atoms. The van der Waals surface area contributed by atoms with E-state index in [1.807, 2.05) is 88.4 Å². The van der Waals surface area contributed by atoms with Gasteiger partial charge in [-0.2, -0.15) is 0 Å². The zero-order valence-corrected chi connectivity index (χ0v) is 37.8. The number of alkyl carbamates (subject to hydrolysis) is 2. The normalized spacial score (nSPS) is 23.3. The number of anilines is 1. The molecule has 15 nitrogen and oxygen atoms in total. The van der Waals surface area contributed by atoms with E-state index in [0.29, 0.717) is 49.9 Å². The van der Waals surface area contributed by atoms with Crippen LogP contribution in [0.1, 0.15) is 101 Å². The number of amides is 6. The number of ether oxygens (including phenoxy) is 2. The van der Waals surface area contributed by atoms with Crippen LogP contribution in [0, 0.1) is 11.8 Å². The van der Waals surface area contributed by atoms with Gasteiger partial charge in [-0.25, -0.2) is 9.59 Å². The molecule has 3 aromatic carbocycles. The van der Waals surface area contributed by atoms with Crippen LogP contribution >= 0.6 is 15.9 Å². The van der Waals surface area contributed by atoms with Crippen LogP contribution in [0.15, 0.2) is 77.3 Å². The van der Waals surface area contributed by atoms with Crippen LogP contribution in [0.5, 0.6) is 0 Å². The van der Waals surface area contributed by atoms with E-state index in [0.717, 1.165) is 34.1 Å². The number of primary amides is 2.